The first kappa shape index (κ1) is 21.8. The van der Waals surface area contributed by atoms with Crippen LogP contribution >= 0.6 is 0 Å². The van der Waals surface area contributed by atoms with Crippen molar-refractivity contribution in [3.8, 4) is 0 Å². The molecule has 152 valence electrons. The molecule has 1 saturated heterocycles. The molecule has 1 aliphatic heterocycles. The molecule has 27 heavy (non-hydrogen) atoms. The number of hydrogen-bond acceptors (Lipinski definition) is 5. The fourth-order valence-electron chi connectivity index (χ4n) is 3.18. The van der Waals surface area contributed by atoms with Crippen molar-refractivity contribution in [2.75, 3.05) is 45.8 Å². The van der Waals surface area contributed by atoms with Crippen LogP contribution in [0.5, 0.6) is 0 Å². The molecule has 1 heterocycles. The average Bonchev–Trinajstić information content (AvgIpc) is 2.67. The number of piperazine rings is 1. The maximum Gasteiger partial charge on any atom is 0.241 e. The molecule has 1 aromatic rings. The van der Waals surface area contributed by atoms with Crippen LogP contribution < -0.4 is 10.0 Å². The molecule has 7 nitrogen and oxygen atoms in total. The van der Waals surface area contributed by atoms with Gasteiger partial charge in [-0.25, -0.2) is 8.42 Å². The Morgan fingerprint density at radius 1 is 1.07 bits per heavy atom. The minimum absolute atomic E-state index is 0.157. The van der Waals surface area contributed by atoms with Crippen molar-refractivity contribution in [2.24, 2.45) is 5.92 Å². The first-order valence-corrected chi connectivity index (χ1v) is 11.1. The van der Waals surface area contributed by atoms with E-state index in [1.54, 1.807) is 25.1 Å². The molecule has 0 bridgehead atoms. The van der Waals surface area contributed by atoms with Gasteiger partial charge in [0.25, 0.3) is 0 Å². The second-order valence-electron chi connectivity index (χ2n) is 7.24. The first-order chi connectivity index (χ1) is 12.8. The zero-order valence-electron chi connectivity index (χ0n) is 16.5. The van der Waals surface area contributed by atoms with E-state index >= 15 is 0 Å². The number of nitrogens with one attached hydrogen (secondary N) is 2. The van der Waals surface area contributed by atoms with Crippen molar-refractivity contribution in [1.82, 2.24) is 19.8 Å². The van der Waals surface area contributed by atoms with Gasteiger partial charge < -0.3 is 15.1 Å². The highest BCUT2D eigenvalue weighted by Gasteiger charge is 2.22. The van der Waals surface area contributed by atoms with Gasteiger partial charge in [0.1, 0.15) is 0 Å². The smallest absolute Gasteiger partial charge is 0.241 e. The van der Waals surface area contributed by atoms with Crippen LogP contribution in [0.4, 0.5) is 0 Å². The fraction of sp³-hybridized carbons (Fsp3) is 0.632. The number of carbonyl (C=O) groups excluding carboxylic acids is 1. The molecule has 0 saturated carbocycles. The summed E-state index contributed by atoms with van der Waals surface area (Å²) in [4.78, 5) is 17.3. The van der Waals surface area contributed by atoms with E-state index in [9.17, 15) is 13.2 Å². The van der Waals surface area contributed by atoms with Crippen LogP contribution in [0.25, 0.3) is 0 Å². The van der Waals surface area contributed by atoms with E-state index in [0.29, 0.717) is 12.5 Å². The van der Waals surface area contributed by atoms with Gasteiger partial charge in [-0.2, -0.15) is 4.72 Å². The molecule has 1 amide bonds. The van der Waals surface area contributed by atoms with Gasteiger partial charge >= 0.3 is 0 Å². The van der Waals surface area contributed by atoms with E-state index in [1.807, 2.05) is 0 Å². The van der Waals surface area contributed by atoms with Crippen molar-refractivity contribution >= 4 is 15.9 Å². The maximum atomic E-state index is 12.3. The molecule has 0 aromatic heterocycles. The fourth-order valence-corrected chi connectivity index (χ4v) is 4.40. The summed E-state index contributed by atoms with van der Waals surface area (Å²) in [7, 11) is -3.70. The quantitative estimate of drug-likeness (QED) is 0.644. The van der Waals surface area contributed by atoms with E-state index in [0.717, 1.165) is 39.3 Å². The first-order valence-electron chi connectivity index (χ1n) is 9.61. The molecule has 1 aromatic carbocycles. The molecule has 8 heteroatoms. The number of nitrogens with zero attached hydrogens (tertiary/aromatic N) is 2. The van der Waals surface area contributed by atoms with Crippen LogP contribution in [0.2, 0.25) is 0 Å². The third-order valence-electron chi connectivity index (χ3n) is 4.89. The number of benzene rings is 1. The third kappa shape index (κ3) is 6.88. The summed E-state index contributed by atoms with van der Waals surface area (Å²) in [5.74, 6) is -0.00258. The highest BCUT2D eigenvalue weighted by atomic mass is 32.2. The van der Waals surface area contributed by atoms with E-state index in [1.165, 1.54) is 12.1 Å². The van der Waals surface area contributed by atoms with Crippen LogP contribution in [0.15, 0.2) is 35.2 Å². The zero-order chi connectivity index (χ0) is 19.9. The Labute approximate surface area is 163 Å². The van der Waals surface area contributed by atoms with E-state index < -0.39 is 16.1 Å². The molecule has 2 rings (SSSR count). The second-order valence-corrected chi connectivity index (χ2v) is 8.96. The largest absolute Gasteiger partial charge is 0.354 e. The predicted molar refractivity (Wildman–Crippen MR) is 107 cm³/mol. The molecule has 2 atom stereocenters. The summed E-state index contributed by atoms with van der Waals surface area (Å²) in [6.07, 6.45) is 0. The molecule has 0 spiro atoms. The standard InChI is InChI=1S/C19H32N4O3S/c1-4-22-10-12-23(13-11-22)15-16(2)14-20-19(24)17(3)21-27(25,26)18-8-6-5-7-9-18/h5-9,16-17,21H,4,10-15H2,1-3H3,(H,20,24)/t16?,17-/m0/s1. The lowest BCUT2D eigenvalue weighted by Gasteiger charge is -2.35. The van der Waals surface area contributed by atoms with E-state index in [4.69, 9.17) is 0 Å². The van der Waals surface area contributed by atoms with Crippen LogP contribution in [-0.2, 0) is 14.8 Å². The molecular weight excluding hydrogens is 364 g/mol. The molecular formula is C19H32N4O3S. The molecule has 1 fully saturated rings. The molecule has 0 radical (unpaired) electrons. The van der Waals surface area contributed by atoms with Crippen molar-refractivity contribution in [2.45, 2.75) is 31.7 Å². The Bertz CT molecular complexity index is 688. The van der Waals surface area contributed by atoms with Gasteiger partial charge in [0.15, 0.2) is 0 Å². The summed E-state index contributed by atoms with van der Waals surface area (Å²) in [6, 6.07) is 7.25. The van der Waals surface area contributed by atoms with Gasteiger partial charge in [-0.1, -0.05) is 32.0 Å². The lowest BCUT2D eigenvalue weighted by Crippen LogP contribution is -2.49. The summed E-state index contributed by atoms with van der Waals surface area (Å²) < 4.78 is 27.0. The van der Waals surface area contributed by atoms with Crippen LogP contribution in [0, 0.1) is 5.92 Å². The normalized spacial score (nSPS) is 18.8. The average molecular weight is 397 g/mol. The number of hydrogen-bond donors (Lipinski definition) is 2. The van der Waals surface area contributed by atoms with Crippen LogP contribution in [0.1, 0.15) is 20.8 Å². The van der Waals surface area contributed by atoms with Crippen molar-refractivity contribution in [3.05, 3.63) is 30.3 Å². The SMILES string of the molecule is CCN1CCN(CC(C)CNC(=O)[C@H](C)NS(=O)(=O)c2ccccc2)CC1. The summed E-state index contributed by atoms with van der Waals surface area (Å²) >= 11 is 0. The maximum absolute atomic E-state index is 12.3. The highest BCUT2D eigenvalue weighted by molar-refractivity contribution is 7.89. The molecule has 0 aliphatic carbocycles. The number of likely N-dealkylation sites (N-methyl/N-ethyl adjacent to an activating group) is 1. The lowest BCUT2D eigenvalue weighted by atomic mass is 10.1. The van der Waals surface area contributed by atoms with Crippen LogP contribution in [0.3, 0.4) is 0 Å². The topological polar surface area (TPSA) is 81.8 Å². The van der Waals surface area contributed by atoms with Crippen molar-refractivity contribution < 1.29 is 13.2 Å². The van der Waals surface area contributed by atoms with Crippen molar-refractivity contribution in [3.63, 3.8) is 0 Å². The molecule has 1 aliphatic rings. The number of amides is 1. The Morgan fingerprint density at radius 3 is 2.26 bits per heavy atom. The summed E-state index contributed by atoms with van der Waals surface area (Å²) in [6.45, 7) is 12.7. The Kier molecular flexibility index (Phi) is 8.22. The van der Waals surface area contributed by atoms with Gasteiger partial charge in [-0.15, -0.1) is 0 Å². The molecule has 1 unspecified atom stereocenters. The number of carbonyl (C=O) groups is 1. The van der Waals surface area contributed by atoms with E-state index in [2.05, 4.69) is 33.7 Å². The minimum atomic E-state index is -3.70. The number of rotatable bonds is 9. The molecule has 2 N–H and O–H groups in total. The minimum Gasteiger partial charge on any atom is -0.354 e. The predicted octanol–water partition coefficient (Wildman–Crippen LogP) is 0.743. The monoisotopic (exact) mass is 396 g/mol. The Morgan fingerprint density at radius 2 is 1.67 bits per heavy atom. The van der Waals surface area contributed by atoms with Crippen molar-refractivity contribution in [1.29, 1.82) is 0 Å². The Hall–Kier alpha value is -1.48. The summed E-state index contributed by atoms with van der Waals surface area (Å²) in [5, 5.41) is 2.86. The van der Waals surface area contributed by atoms with Crippen LogP contribution in [-0.4, -0.2) is 76.0 Å². The van der Waals surface area contributed by atoms with Gasteiger partial charge in [0.05, 0.1) is 10.9 Å². The van der Waals surface area contributed by atoms with Gasteiger partial charge in [-0.05, 0) is 31.5 Å². The Balaban J connectivity index is 1.74. The lowest BCUT2D eigenvalue weighted by molar-refractivity contribution is -0.122. The van der Waals surface area contributed by atoms with E-state index in [-0.39, 0.29) is 10.8 Å². The van der Waals surface area contributed by atoms with Gasteiger partial charge in [-0.3, -0.25) is 4.79 Å². The number of sulfonamides is 1. The second kappa shape index (κ2) is 10.2. The van der Waals surface area contributed by atoms with Gasteiger partial charge in [0.2, 0.25) is 15.9 Å². The van der Waals surface area contributed by atoms with Gasteiger partial charge in [0, 0.05) is 39.3 Å². The highest BCUT2D eigenvalue weighted by Crippen LogP contribution is 2.08. The summed E-state index contributed by atoms with van der Waals surface area (Å²) in [5.41, 5.74) is 0. The third-order valence-corrected chi connectivity index (χ3v) is 6.44. The zero-order valence-corrected chi connectivity index (χ0v) is 17.3.